The zero-order valence-corrected chi connectivity index (χ0v) is 19.0. The van der Waals surface area contributed by atoms with Crippen LogP contribution in [0.1, 0.15) is 18.1 Å². The van der Waals surface area contributed by atoms with Gasteiger partial charge in [-0.2, -0.15) is 0 Å². The van der Waals surface area contributed by atoms with Crippen LogP contribution in [0, 0.1) is 11.7 Å². The topological polar surface area (TPSA) is 49.4 Å². The second-order valence-corrected chi connectivity index (χ2v) is 9.21. The van der Waals surface area contributed by atoms with E-state index >= 15 is 0 Å². The highest BCUT2D eigenvalue weighted by atomic mass is 35.5. The molecule has 2 amide bonds. The molecule has 4 nitrogen and oxygen atoms in total. The fourth-order valence-electron chi connectivity index (χ4n) is 3.64. The number of para-hydroxylation sites is 1. The zero-order valence-electron chi connectivity index (χ0n) is 17.4. The Morgan fingerprint density at radius 3 is 2.47 bits per heavy atom. The molecule has 0 aliphatic carbocycles. The summed E-state index contributed by atoms with van der Waals surface area (Å²) in [5, 5.41) is 2.84. The zero-order chi connectivity index (χ0) is 22.7. The van der Waals surface area contributed by atoms with Gasteiger partial charge in [0.05, 0.1) is 18.2 Å². The summed E-state index contributed by atoms with van der Waals surface area (Å²) in [5.74, 6) is -1.40. The minimum Gasteiger partial charge on any atom is -0.352 e. The summed E-state index contributed by atoms with van der Waals surface area (Å²) in [5.41, 5.74) is 1.96. The first kappa shape index (κ1) is 22.4. The number of anilines is 1. The molecule has 1 heterocycles. The van der Waals surface area contributed by atoms with Gasteiger partial charge >= 0.3 is 0 Å². The van der Waals surface area contributed by atoms with E-state index in [1.54, 1.807) is 36.1 Å². The van der Waals surface area contributed by atoms with E-state index in [1.807, 2.05) is 42.5 Å². The van der Waals surface area contributed by atoms with Crippen molar-refractivity contribution in [2.45, 2.75) is 30.2 Å². The van der Waals surface area contributed by atoms with Crippen molar-refractivity contribution in [1.29, 1.82) is 0 Å². The highest BCUT2D eigenvalue weighted by Gasteiger charge is 2.39. The van der Waals surface area contributed by atoms with Crippen LogP contribution in [0.2, 0.25) is 5.02 Å². The van der Waals surface area contributed by atoms with Gasteiger partial charge in [0, 0.05) is 22.0 Å². The Balaban J connectivity index is 1.55. The van der Waals surface area contributed by atoms with Crippen LogP contribution in [0.15, 0.2) is 77.7 Å². The van der Waals surface area contributed by atoms with E-state index in [0.717, 1.165) is 16.1 Å². The number of carbonyl (C=O) groups is 2. The van der Waals surface area contributed by atoms with Gasteiger partial charge in [-0.3, -0.25) is 9.59 Å². The molecule has 1 aliphatic heterocycles. The third kappa shape index (κ3) is 4.66. The van der Waals surface area contributed by atoms with Gasteiger partial charge in [0.1, 0.15) is 11.1 Å². The molecule has 0 bridgehead atoms. The molecule has 3 aromatic carbocycles. The molecule has 0 spiro atoms. The number of nitrogens with zero attached hydrogens (tertiary/aromatic N) is 1. The number of fused-ring (bicyclic) bond motifs is 1. The smallest absolute Gasteiger partial charge is 0.241 e. The monoisotopic (exact) mass is 468 g/mol. The van der Waals surface area contributed by atoms with Crippen LogP contribution in [0.25, 0.3) is 0 Å². The molecule has 164 valence electrons. The number of hydrogen-bond donors (Lipinski definition) is 1. The first-order valence-corrected chi connectivity index (χ1v) is 11.5. The molecule has 1 aliphatic rings. The van der Waals surface area contributed by atoms with Gasteiger partial charge in [-0.25, -0.2) is 4.39 Å². The van der Waals surface area contributed by atoms with Crippen molar-refractivity contribution in [2.75, 3.05) is 4.90 Å². The lowest BCUT2D eigenvalue weighted by atomic mass is 10.0. The molecule has 1 N–H and O–H groups in total. The fourth-order valence-corrected chi connectivity index (χ4v) is 5.13. The SMILES string of the molecule is C[C@H](C(=O)NCc1ccccc1Cl)[C@@H]1Sc2ccccc2N(Cc2ccccc2F)C1=O. The fraction of sp³-hybridized carbons (Fsp3) is 0.200. The number of halogens is 2. The molecule has 3 aromatic rings. The second-order valence-electron chi connectivity index (χ2n) is 7.62. The van der Waals surface area contributed by atoms with Gasteiger partial charge < -0.3 is 10.2 Å². The average molecular weight is 469 g/mol. The first-order valence-electron chi connectivity index (χ1n) is 10.3. The van der Waals surface area contributed by atoms with Gasteiger partial charge in [0.2, 0.25) is 11.8 Å². The maximum absolute atomic E-state index is 14.3. The van der Waals surface area contributed by atoms with E-state index in [0.29, 0.717) is 10.6 Å². The highest BCUT2D eigenvalue weighted by Crippen LogP contribution is 2.42. The van der Waals surface area contributed by atoms with Crippen molar-refractivity contribution in [3.05, 3.63) is 94.8 Å². The van der Waals surface area contributed by atoms with E-state index in [4.69, 9.17) is 11.6 Å². The minimum atomic E-state index is -0.622. The van der Waals surface area contributed by atoms with Crippen LogP contribution in [-0.4, -0.2) is 17.1 Å². The van der Waals surface area contributed by atoms with Crippen LogP contribution in [0.4, 0.5) is 10.1 Å². The quantitative estimate of drug-likeness (QED) is 0.524. The third-order valence-electron chi connectivity index (χ3n) is 5.48. The number of rotatable bonds is 6. The van der Waals surface area contributed by atoms with Crippen molar-refractivity contribution in [3.8, 4) is 0 Å². The largest absolute Gasteiger partial charge is 0.352 e. The summed E-state index contributed by atoms with van der Waals surface area (Å²) < 4.78 is 14.3. The lowest BCUT2D eigenvalue weighted by Gasteiger charge is -2.35. The van der Waals surface area contributed by atoms with Crippen LogP contribution in [0.5, 0.6) is 0 Å². The number of hydrogen-bond acceptors (Lipinski definition) is 3. The minimum absolute atomic E-state index is 0.105. The van der Waals surface area contributed by atoms with Crippen LogP contribution in [-0.2, 0) is 22.7 Å². The highest BCUT2D eigenvalue weighted by molar-refractivity contribution is 8.01. The number of benzene rings is 3. The van der Waals surface area contributed by atoms with Gasteiger partial charge in [0.15, 0.2) is 0 Å². The van der Waals surface area contributed by atoms with Gasteiger partial charge in [-0.1, -0.05) is 67.1 Å². The molecule has 0 saturated carbocycles. The molecule has 0 saturated heterocycles. The summed E-state index contributed by atoms with van der Waals surface area (Å²) in [4.78, 5) is 28.8. The van der Waals surface area contributed by atoms with Gasteiger partial charge in [0.25, 0.3) is 0 Å². The molecule has 0 unspecified atom stereocenters. The predicted octanol–water partition coefficient (Wildman–Crippen LogP) is 5.44. The van der Waals surface area contributed by atoms with Gasteiger partial charge in [-0.15, -0.1) is 11.8 Å². The molecule has 7 heteroatoms. The normalized spacial score (nSPS) is 16.4. The molecule has 0 radical (unpaired) electrons. The molecule has 4 rings (SSSR count). The second kappa shape index (κ2) is 9.76. The summed E-state index contributed by atoms with van der Waals surface area (Å²) in [6, 6.07) is 21.2. The lowest BCUT2D eigenvalue weighted by molar-refractivity contribution is -0.128. The predicted molar refractivity (Wildman–Crippen MR) is 126 cm³/mol. The number of nitrogens with one attached hydrogen (secondary N) is 1. The molecular formula is C25H22ClFN2O2S. The van der Waals surface area contributed by atoms with E-state index in [-0.39, 0.29) is 30.7 Å². The summed E-state index contributed by atoms with van der Waals surface area (Å²) in [6.07, 6.45) is 0. The summed E-state index contributed by atoms with van der Waals surface area (Å²) in [7, 11) is 0. The number of amides is 2. The summed E-state index contributed by atoms with van der Waals surface area (Å²) in [6.45, 7) is 2.13. The number of carbonyl (C=O) groups excluding carboxylic acids is 2. The maximum atomic E-state index is 14.3. The van der Waals surface area contributed by atoms with Crippen molar-refractivity contribution in [3.63, 3.8) is 0 Å². The van der Waals surface area contributed by atoms with Crippen LogP contribution in [0.3, 0.4) is 0 Å². The van der Waals surface area contributed by atoms with E-state index in [9.17, 15) is 14.0 Å². The van der Waals surface area contributed by atoms with Crippen LogP contribution >= 0.6 is 23.4 Å². The van der Waals surface area contributed by atoms with Crippen LogP contribution < -0.4 is 10.2 Å². The average Bonchev–Trinajstić information content (AvgIpc) is 2.80. The van der Waals surface area contributed by atoms with Crippen molar-refractivity contribution < 1.29 is 14.0 Å². The Kier molecular flexibility index (Phi) is 6.82. The Hall–Kier alpha value is -2.83. The van der Waals surface area contributed by atoms with Crippen molar-refractivity contribution in [2.24, 2.45) is 5.92 Å². The molecule has 32 heavy (non-hydrogen) atoms. The Morgan fingerprint density at radius 2 is 1.72 bits per heavy atom. The lowest BCUT2D eigenvalue weighted by Crippen LogP contribution is -2.47. The van der Waals surface area contributed by atoms with E-state index in [1.165, 1.54) is 17.8 Å². The van der Waals surface area contributed by atoms with E-state index in [2.05, 4.69) is 5.32 Å². The third-order valence-corrected chi connectivity index (χ3v) is 7.32. The Bertz CT molecular complexity index is 1160. The molecule has 2 atom stereocenters. The molecule has 0 fully saturated rings. The maximum Gasteiger partial charge on any atom is 0.241 e. The van der Waals surface area contributed by atoms with E-state index < -0.39 is 11.2 Å². The summed E-state index contributed by atoms with van der Waals surface area (Å²) >= 11 is 7.55. The van der Waals surface area contributed by atoms with Crippen molar-refractivity contribution in [1.82, 2.24) is 5.32 Å². The Morgan fingerprint density at radius 1 is 1.06 bits per heavy atom. The molecule has 0 aromatic heterocycles. The van der Waals surface area contributed by atoms with Gasteiger partial charge in [-0.05, 0) is 29.8 Å². The first-order chi connectivity index (χ1) is 15.5. The number of thioether (sulfide) groups is 1. The van der Waals surface area contributed by atoms with Crippen molar-refractivity contribution >= 4 is 40.9 Å². The molecular weight excluding hydrogens is 447 g/mol. The Labute approximate surface area is 195 Å². The standard InChI is InChI=1S/C25H22ClFN2O2S/c1-16(24(30)28-14-17-8-2-4-10-19(17)26)23-25(31)29(15-18-9-3-5-11-20(18)27)21-12-6-7-13-22(21)32-23/h2-13,16,23H,14-15H2,1H3,(H,28,30)/t16-,23-/m0/s1.